The lowest BCUT2D eigenvalue weighted by Crippen LogP contribution is -2.14. The quantitative estimate of drug-likeness (QED) is 0.440. The van der Waals surface area contributed by atoms with Crippen LogP contribution in [0.4, 0.5) is 17.1 Å². The smallest absolute Gasteiger partial charge is 0.294 e. The lowest BCUT2D eigenvalue weighted by molar-refractivity contribution is -0.384. The first-order chi connectivity index (χ1) is 9.92. The average Bonchev–Trinajstić information content (AvgIpc) is 2.75. The Bertz CT molecular complexity index is 709. The third-order valence-corrected chi connectivity index (χ3v) is 2.87. The van der Waals surface area contributed by atoms with E-state index in [2.05, 4.69) is 15.8 Å². The summed E-state index contributed by atoms with van der Waals surface area (Å²) in [5.41, 5.74) is 3.44. The van der Waals surface area contributed by atoms with Gasteiger partial charge in [0, 0.05) is 24.9 Å². The van der Waals surface area contributed by atoms with Gasteiger partial charge >= 0.3 is 0 Å². The Labute approximate surface area is 119 Å². The van der Waals surface area contributed by atoms with E-state index in [1.54, 1.807) is 24.9 Å². The molecule has 0 spiro atoms. The van der Waals surface area contributed by atoms with Gasteiger partial charge in [-0.1, -0.05) is 0 Å². The summed E-state index contributed by atoms with van der Waals surface area (Å²) in [4.78, 5) is 22.5. The molecule has 0 bridgehead atoms. The predicted molar refractivity (Wildman–Crippen MR) is 76.8 cm³/mol. The highest BCUT2D eigenvalue weighted by atomic mass is 16.6. The number of rotatable bonds is 4. The van der Waals surface area contributed by atoms with Gasteiger partial charge in [-0.3, -0.25) is 25.4 Å². The Morgan fingerprint density at radius 3 is 2.67 bits per heavy atom. The van der Waals surface area contributed by atoms with Crippen molar-refractivity contribution in [1.82, 2.24) is 9.78 Å². The SMILES string of the molecule is Cc1nn(C)cc1NC(=O)c1ccc(NN)c([N+](=O)[O-])c1. The summed E-state index contributed by atoms with van der Waals surface area (Å²) in [5.74, 6) is 4.73. The number of carbonyl (C=O) groups is 1. The monoisotopic (exact) mass is 290 g/mol. The van der Waals surface area contributed by atoms with Crippen LogP contribution in [-0.4, -0.2) is 20.6 Å². The minimum Gasteiger partial charge on any atom is -0.319 e. The molecule has 0 aliphatic carbocycles. The van der Waals surface area contributed by atoms with Crippen molar-refractivity contribution in [2.45, 2.75) is 6.92 Å². The number of carbonyl (C=O) groups excluding carboxylic acids is 1. The molecule has 0 saturated carbocycles. The Hall–Kier alpha value is -2.94. The second-order valence-corrected chi connectivity index (χ2v) is 4.39. The molecule has 2 rings (SSSR count). The van der Waals surface area contributed by atoms with E-state index in [0.717, 1.165) is 6.07 Å². The number of nitro benzene ring substituents is 1. The molecule has 0 radical (unpaired) electrons. The predicted octanol–water partition coefficient (Wildman–Crippen LogP) is 1.17. The van der Waals surface area contributed by atoms with Crippen LogP contribution in [0.1, 0.15) is 16.1 Å². The van der Waals surface area contributed by atoms with E-state index in [1.807, 2.05) is 0 Å². The van der Waals surface area contributed by atoms with E-state index in [1.165, 1.54) is 12.1 Å². The first-order valence-electron chi connectivity index (χ1n) is 5.99. The maximum absolute atomic E-state index is 12.1. The standard InChI is InChI=1S/C12H14N6O3/c1-7-10(6-17(2)16-7)14-12(19)8-3-4-9(15-13)11(5-8)18(20)21/h3-6,15H,13H2,1-2H3,(H,14,19). The molecule has 0 aliphatic rings. The van der Waals surface area contributed by atoms with Crippen LogP contribution in [-0.2, 0) is 7.05 Å². The minimum absolute atomic E-state index is 0.133. The van der Waals surface area contributed by atoms with E-state index < -0.39 is 10.8 Å². The molecule has 0 aliphatic heterocycles. The number of nitrogens with two attached hydrogens (primary N) is 1. The number of nitro groups is 1. The molecule has 0 saturated heterocycles. The normalized spacial score (nSPS) is 10.2. The van der Waals surface area contributed by atoms with E-state index in [9.17, 15) is 14.9 Å². The number of hydrazine groups is 1. The van der Waals surface area contributed by atoms with Gasteiger partial charge in [-0.05, 0) is 19.1 Å². The van der Waals surface area contributed by atoms with Gasteiger partial charge in [-0.15, -0.1) is 0 Å². The molecule has 9 nitrogen and oxygen atoms in total. The minimum atomic E-state index is -0.610. The molecule has 1 aromatic carbocycles. The van der Waals surface area contributed by atoms with Gasteiger partial charge in [0.05, 0.1) is 16.3 Å². The number of amides is 1. The Morgan fingerprint density at radius 2 is 2.14 bits per heavy atom. The summed E-state index contributed by atoms with van der Waals surface area (Å²) >= 11 is 0. The summed E-state index contributed by atoms with van der Waals surface area (Å²) in [6, 6.07) is 3.99. The molecular weight excluding hydrogens is 276 g/mol. The Balaban J connectivity index is 2.29. The van der Waals surface area contributed by atoms with E-state index in [-0.39, 0.29) is 16.9 Å². The number of nitrogens with one attached hydrogen (secondary N) is 2. The molecule has 1 aromatic heterocycles. The largest absolute Gasteiger partial charge is 0.319 e. The van der Waals surface area contributed by atoms with Crippen LogP contribution in [0.2, 0.25) is 0 Å². The topological polar surface area (TPSA) is 128 Å². The third-order valence-electron chi connectivity index (χ3n) is 2.87. The summed E-state index contributed by atoms with van der Waals surface area (Å²) in [5, 5.41) is 17.7. The van der Waals surface area contributed by atoms with Crippen molar-refractivity contribution >= 4 is 23.0 Å². The highest BCUT2D eigenvalue weighted by molar-refractivity contribution is 6.05. The van der Waals surface area contributed by atoms with Crippen molar-refractivity contribution in [2.24, 2.45) is 12.9 Å². The van der Waals surface area contributed by atoms with Gasteiger partial charge < -0.3 is 10.7 Å². The molecule has 21 heavy (non-hydrogen) atoms. The van der Waals surface area contributed by atoms with Gasteiger partial charge in [-0.25, -0.2) is 0 Å². The second-order valence-electron chi connectivity index (χ2n) is 4.39. The molecule has 110 valence electrons. The third kappa shape index (κ3) is 2.98. The van der Waals surface area contributed by atoms with Crippen LogP contribution >= 0.6 is 0 Å². The van der Waals surface area contributed by atoms with E-state index >= 15 is 0 Å². The van der Waals surface area contributed by atoms with Crippen molar-refractivity contribution < 1.29 is 9.72 Å². The van der Waals surface area contributed by atoms with Gasteiger partial charge in [-0.2, -0.15) is 5.10 Å². The fourth-order valence-electron chi connectivity index (χ4n) is 1.86. The summed E-state index contributed by atoms with van der Waals surface area (Å²) in [6.45, 7) is 1.75. The fraction of sp³-hybridized carbons (Fsp3) is 0.167. The number of aromatic nitrogens is 2. The first kappa shape index (κ1) is 14.5. The first-order valence-corrected chi connectivity index (χ1v) is 5.99. The zero-order chi connectivity index (χ0) is 15.6. The fourth-order valence-corrected chi connectivity index (χ4v) is 1.86. The van der Waals surface area contributed by atoms with Crippen molar-refractivity contribution in [3.05, 3.63) is 45.8 Å². The zero-order valence-electron chi connectivity index (χ0n) is 11.5. The van der Waals surface area contributed by atoms with Crippen LogP contribution in [0.15, 0.2) is 24.4 Å². The Kier molecular flexibility index (Phi) is 3.85. The molecule has 0 unspecified atom stereocenters. The molecule has 0 atom stereocenters. The maximum atomic E-state index is 12.1. The van der Waals surface area contributed by atoms with Crippen LogP contribution in [0.5, 0.6) is 0 Å². The zero-order valence-corrected chi connectivity index (χ0v) is 11.5. The van der Waals surface area contributed by atoms with Gasteiger partial charge in [0.15, 0.2) is 0 Å². The second kappa shape index (κ2) is 5.59. The number of hydrogen-bond donors (Lipinski definition) is 3. The van der Waals surface area contributed by atoms with Crippen molar-refractivity contribution in [1.29, 1.82) is 0 Å². The van der Waals surface area contributed by atoms with Crippen LogP contribution < -0.4 is 16.6 Å². The van der Waals surface area contributed by atoms with E-state index in [4.69, 9.17) is 5.84 Å². The summed E-state index contributed by atoms with van der Waals surface area (Å²) < 4.78 is 1.56. The molecule has 9 heteroatoms. The molecule has 1 amide bonds. The Morgan fingerprint density at radius 1 is 1.43 bits per heavy atom. The average molecular weight is 290 g/mol. The number of aryl methyl sites for hydroxylation is 2. The number of hydrogen-bond acceptors (Lipinski definition) is 6. The number of benzene rings is 1. The van der Waals surface area contributed by atoms with Crippen molar-refractivity contribution in [2.75, 3.05) is 10.7 Å². The van der Waals surface area contributed by atoms with Crippen molar-refractivity contribution in [3.8, 4) is 0 Å². The summed E-state index contributed by atoms with van der Waals surface area (Å²) in [7, 11) is 1.73. The molecule has 2 aromatic rings. The highest BCUT2D eigenvalue weighted by Crippen LogP contribution is 2.25. The summed E-state index contributed by atoms with van der Waals surface area (Å²) in [6.07, 6.45) is 1.65. The van der Waals surface area contributed by atoms with Crippen LogP contribution in [0.25, 0.3) is 0 Å². The van der Waals surface area contributed by atoms with Gasteiger partial charge in [0.25, 0.3) is 11.6 Å². The molecule has 1 heterocycles. The van der Waals surface area contributed by atoms with E-state index in [0.29, 0.717) is 11.4 Å². The lowest BCUT2D eigenvalue weighted by atomic mass is 10.1. The van der Waals surface area contributed by atoms with Gasteiger partial charge in [0.1, 0.15) is 5.69 Å². The highest BCUT2D eigenvalue weighted by Gasteiger charge is 2.18. The van der Waals surface area contributed by atoms with Crippen LogP contribution in [0.3, 0.4) is 0 Å². The number of nitrogen functional groups attached to an aromatic ring is 1. The van der Waals surface area contributed by atoms with Crippen LogP contribution in [0, 0.1) is 17.0 Å². The molecule has 4 N–H and O–H groups in total. The maximum Gasteiger partial charge on any atom is 0.294 e. The molecule has 0 fully saturated rings. The van der Waals surface area contributed by atoms with Crippen molar-refractivity contribution in [3.63, 3.8) is 0 Å². The number of nitrogens with zero attached hydrogens (tertiary/aromatic N) is 3. The molecular formula is C12H14N6O3. The van der Waals surface area contributed by atoms with Gasteiger partial charge in [0.2, 0.25) is 0 Å². The number of anilines is 2. The lowest BCUT2D eigenvalue weighted by Gasteiger charge is -2.06.